The molecule has 0 radical (unpaired) electrons. The highest BCUT2D eigenvalue weighted by atomic mass is 16.3. The van der Waals surface area contributed by atoms with Gasteiger partial charge in [-0.3, -0.25) is 0 Å². The summed E-state index contributed by atoms with van der Waals surface area (Å²) in [5.74, 6) is 1.72. The number of aryl methyl sites for hydroxylation is 1. The van der Waals surface area contributed by atoms with Gasteiger partial charge in [-0.05, 0) is 31.0 Å². The first-order valence-corrected chi connectivity index (χ1v) is 6.15. The summed E-state index contributed by atoms with van der Waals surface area (Å²) in [7, 11) is 0. The van der Waals surface area contributed by atoms with Crippen molar-refractivity contribution in [3.63, 3.8) is 0 Å². The van der Waals surface area contributed by atoms with E-state index in [0.717, 1.165) is 23.5 Å². The molecule has 1 heterocycles. The molecule has 1 unspecified atom stereocenters. The third-order valence-corrected chi connectivity index (χ3v) is 2.85. The Morgan fingerprint density at radius 1 is 1.12 bits per heavy atom. The van der Waals surface area contributed by atoms with E-state index >= 15 is 0 Å². The molecule has 2 nitrogen and oxygen atoms in total. The minimum Gasteiger partial charge on any atom is -0.459 e. The van der Waals surface area contributed by atoms with Gasteiger partial charge in [0.05, 0.1) is 6.04 Å². The molecule has 0 saturated carbocycles. The normalized spacial score (nSPS) is 12.6. The largest absolute Gasteiger partial charge is 0.459 e. The summed E-state index contributed by atoms with van der Waals surface area (Å²) in [6, 6.07) is 12.4. The lowest BCUT2D eigenvalue weighted by atomic mass is 10.1. The van der Waals surface area contributed by atoms with Crippen molar-refractivity contribution in [2.45, 2.75) is 32.7 Å². The Kier molecular flexibility index (Phi) is 3.64. The van der Waals surface area contributed by atoms with Gasteiger partial charge in [0.25, 0.3) is 0 Å². The van der Waals surface area contributed by atoms with Crippen LogP contribution in [0.4, 0.5) is 0 Å². The predicted octanol–water partition coefficient (Wildman–Crippen LogP) is 3.92. The molecular weight excluding hydrogens is 210 g/mol. The van der Waals surface area contributed by atoms with E-state index in [1.165, 1.54) is 12.0 Å². The topological polar surface area (TPSA) is 39.2 Å². The Bertz CT molecular complexity index is 468. The molecule has 0 aliphatic carbocycles. The van der Waals surface area contributed by atoms with Gasteiger partial charge in [-0.2, -0.15) is 0 Å². The van der Waals surface area contributed by atoms with Crippen LogP contribution >= 0.6 is 0 Å². The van der Waals surface area contributed by atoms with Crippen molar-refractivity contribution in [2.75, 3.05) is 0 Å². The van der Waals surface area contributed by atoms with Gasteiger partial charge in [0.15, 0.2) is 0 Å². The van der Waals surface area contributed by atoms with E-state index in [-0.39, 0.29) is 6.04 Å². The maximum absolute atomic E-state index is 5.78. The lowest BCUT2D eigenvalue weighted by Crippen LogP contribution is -2.02. The summed E-state index contributed by atoms with van der Waals surface area (Å²) in [6.45, 7) is 4.11. The molecule has 2 aromatic rings. The molecule has 17 heavy (non-hydrogen) atoms. The van der Waals surface area contributed by atoms with Gasteiger partial charge in [-0.1, -0.05) is 37.6 Å². The number of nitrogens with two attached hydrogens (primary N) is 1. The van der Waals surface area contributed by atoms with Crippen LogP contribution in [0.5, 0.6) is 0 Å². The highest BCUT2D eigenvalue weighted by molar-refractivity contribution is 5.58. The van der Waals surface area contributed by atoms with Gasteiger partial charge in [-0.25, -0.2) is 0 Å². The lowest BCUT2D eigenvalue weighted by molar-refractivity contribution is 0.491. The van der Waals surface area contributed by atoms with Gasteiger partial charge in [0, 0.05) is 5.56 Å². The highest BCUT2D eigenvalue weighted by Crippen LogP contribution is 2.24. The Hall–Kier alpha value is -1.54. The monoisotopic (exact) mass is 229 g/mol. The van der Waals surface area contributed by atoms with Crippen LogP contribution in [0.25, 0.3) is 11.3 Å². The summed E-state index contributed by atoms with van der Waals surface area (Å²) in [4.78, 5) is 0. The van der Waals surface area contributed by atoms with Gasteiger partial charge < -0.3 is 10.2 Å². The van der Waals surface area contributed by atoms with Crippen molar-refractivity contribution < 1.29 is 4.42 Å². The third-order valence-electron chi connectivity index (χ3n) is 2.85. The molecule has 90 valence electrons. The molecule has 0 bridgehead atoms. The lowest BCUT2D eigenvalue weighted by Gasteiger charge is -2.02. The van der Waals surface area contributed by atoms with Crippen LogP contribution in [0, 0.1) is 0 Å². The molecule has 2 rings (SSSR count). The first kappa shape index (κ1) is 11.9. The van der Waals surface area contributed by atoms with Crippen LogP contribution in [0.3, 0.4) is 0 Å². The fraction of sp³-hybridized carbons (Fsp3) is 0.333. The van der Waals surface area contributed by atoms with E-state index in [0.29, 0.717) is 0 Å². The Morgan fingerprint density at radius 3 is 2.35 bits per heavy atom. The number of hydrogen-bond donors (Lipinski definition) is 1. The molecule has 0 saturated heterocycles. The van der Waals surface area contributed by atoms with Crippen LogP contribution in [-0.4, -0.2) is 0 Å². The minimum atomic E-state index is -0.0527. The number of rotatable bonds is 4. The summed E-state index contributed by atoms with van der Waals surface area (Å²) in [5.41, 5.74) is 8.25. The Balaban J connectivity index is 2.21. The maximum Gasteiger partial charge on any atom is 0.134 e. The van der Waals surface area contributed by atoms with E-state index in [4.69, 9.17) is 10.2 Å². The number of furan rings is 1. The molecule has 0 fully saturated rings. The van der Waals surface area contributed by atoms with Gasteiger partial charge in [-0.15, -0.1) is 0 Å². The summed E-state index contributed by atoms with van der Waals surface area (Å²) < 4.78 is 5.71. The van der Waals surface area contributed by atoms with Crippen LogP contribution in [0.1, 0.15) is 37.6 Å². The molecule has 1 atom stereocenters. The van der Waals surface area contributed by atoms with Crippen LogP contribution in [-0.2, 0) is 6.42 Å². The van der Waals surface area contributed by atoms with Gasteiger partial charge in [0.1, 0.15) is 11.5 Å². The SMILES string of the molecule is CCCc1ccc(-c2ccc(C(C)N)o2)cc1. The fourth-order valence-corrected chi connectivity index (χ4v) is 1.88. The van der Waals surface area contributed by atoms with Crippen molar-refractivity contribution >= 4 is 0 Å². The number of hydrogen-bond acceptors (Lipinski definition) is 2. The van der Waals surface area contributed by atoms with E-state index in [1.54, 1.807) is 0 Å². The van der Waals surface area contributed by atoms with Crippen LogP contribution in [0.15, 0.2) is 40.8 Å². The zero-order valence-corrected chi connectivity index (χ0v) is 10.4. The second-order valence-corrected chi connectivity index (χ2v) is 4.44. The van der Waals surface area contributed by atoms with Crippen molar-refractivity contribution in [3.05, 3.63) is 47.7 Å². The van der Waals surface area contributed by atoms with Gasteiger partial charge >= 0.3 is 0 Å². The second kappa shape index (κ2) is 5.19. The molecule has 2 heteroatoms. The Morgan fingerprint density at radius 2 is 1.82 bits per heavy atom. The average Bonchev–Trinajstić information content (AvgIpc) is 2.80. The van der Waals surface area contributed by atoms with Crippen molar-refractivity contribution in [1.82, 2.24) is 0 Å². The predicted molar refractivity (Wildman–Crippen MR) is 70.7 cm³/mol. The van der Waals surface area contributed by atoms with E-state index in [1.807, 2.05) is 19.1 Å². The van der Waals surface area contributed by atoms with Crippen molar-refractivity contribution in [2.24, 2.45) is 5.73 Å². The quantitative estimate of drug-likeness (QED) is 0.863. The molecular formula is C15H19NO. The highest BCUT2D eigenvalue weighted by Gasteiger charge is 2.07. The van der Waals surface area contributed by atoms with Crippen molar-refractivity contribution in [1.29, 1.82) is 0 Å². The standard InChI is InChI=1S/C15H19NO/c1-3-4-12-5-7-13(8-6-12)15-10-9-14(17-15)11(2)16/h5-11H,3-4,16H2,1-2H3. The number of benzene rings is 1. The summed E-state index contributed by atoms with van der Waals surface area (Å²) in [6.07, 6.45) is 2.30. The Labute approximate surface area is 102 Å². The molecule has 1 aromatic heterocycles. The van der Waals surface area contributed by atoms with Crippen LogP contribution < -0.4 is 5.73 Å². The first-order chi connectivity index (χ1) is 8.20. The van der Waals surface area contributed by atoms with E-state index in [2.05, 4.69) is 31.2 Å². The smallest absolute Gasteiger partial charge is 0.134 e. The molecule has 0 spiro atoms. The maximum atomic E-state index is 5.78. The zero-order chi connectivity index (χ0) is 12.3. The fourth-order valence-electron chi connectivity index (χ4n) is 1.88. The molecule has 2 N–H and O–H groups in total. The summed E-state index contributed by atoms with van der Waals surface area (Å²) in [5, 5.41) is 0. The average molecular weight is 229 g/mol. The zero-order valence-electron chi connectivity index (χ0n) is 10.4. The minimum absolute atomic E-state index is 0.0527. The van der Waals surface area contributed by atoms with Crippen LogP contribution in [0.2, 0.25) is 0 Å². The van der Waals surface area contributed by atoms with Crippen molar-refractivity contribution in [3.8, 4) is 11.3 Å². The second-order valence-electron chi connectivity index (χ2n) is 4.44. The molecule has 0 aliphatic heterocycles. The van der Waals surface area contributed by atoms with Gasteiger partial charge in [0.2, 0.25) is 0 Å². The van der Waals surface area contributed by atoms with E-state index < -0.39 is 0 Å². The summed E-state index contributed by atoms with van der Waals surface area (Å²) >= 11 is 0. The molecule has 0 aliphatic rings. The molecule has 0 amide bonds. The molecule has 1 aromatic carbocycles. The first-order valence-electron chi connectivity index (χ1n) is 6.15. The third kappa shape index (κ3) is 2.77. The van der Waals surface area contributed by atoms with E-state index in [9.17, 15) is 0 Å².